The third kappa shape index (κ3) is 1.48. The molecule has 0 radical (unpaired) electrons. The van der Waals surface area contributed by atoms with Crippen LogP contribution in [0.25, 0.3) is 0 Å². The highest BCUT2D eigenvalue weighted by Crippen LogP contribution is 2.47. The number of carbonyl (C=O) groups excluding carboxylic acids is 1. The smallest absolute Gasteiger partial charge is 0.204 e. The van der Waals surface area contributed by atoms with E-state index in [-0.39, 0.29) is 11.2 Å². The van der Waals surface area contributed by atoms with Crippen LogP contribution in [0.2, 0.25) is 0 Å². The van der Waals surface area contributed by atoms with Crippen molar-refractivity contribution in [2.24, 2.45) is 11.1 Å². The molecule has 1 saturated carbocycles. The van der Waals surface area contributed by atoms with Gasteiger partial charge >= 0.3 is 0 Å². The van der Waals surface area contributed by atoms with Gasteiger partial charge in [0.15, 0.2) is 5.76 Å². The average molecular weight is 181 g/mol. The van der Waals surface area contributed by atoms with Crippen molar-refractivity contribution in [1.29, 1.82) is 0 Å². The fourth-order valence-electron chi connectivity index (χ4n) is 1.65. The SMILES string of the molecule is NCC1(C(=O)C2=CCCCO2)CC1. The van der Waals surface area contributed by atoms with Gasteiger partial charge in [0.2, 0.25) is 5.78 Å². The Morgan fingerprint density at radius 2 is 2.38 bits per heavy atom. The van der Waals surface area contributed by atoms with Crippen molar-refractivity contribution in [3.05, 3.63) is 11.8 Å². The summed E-state index contributed by atoms with van der Waals surface area (Å²) < 4.78 is 5.32. The highest BCUT2D eigenvalue weighted by atomic mass is 16.5. The molecule has 3 heteroatoms. The number of carbonyl (C=O) groups is 1. The van der Waals surface area contributed by atoms with Crippen LogP contribution >= 0.6 is 0 Å². The Labute approximate surface area is 77.9 Å². The molecule has 0 spiro atoms. The molecule has 0 aromatic heterocycles. The van der Waals surface area contributed by atoms with E-state index in [9.17, 15) is 4.79 Å². The molecule has 3 nitrogen and oxygen atoms in total. The van der Waals surface area contributed by atoms with Crippen LogP contribution < -0.4 is 5.73 Å². The fraction of sp³-hybridized carbons (Fsp3) is 0.700. The molecule has 0 atom stereocenters. The summed E-state index contributed by atoms with van der Waals surface area (Å²) in [6, 6.07) is 0. The Bertz CT molecular complexity index is 254. The van der Waals surface area contributed by atoms with Gasteiger partial charge in [-0.05, 0) is 31.8 Å². The maximum Gasteiger partial charge on any atom is 0.204 e. The van der Waals surface area contributed by atoms with E-state index in [1.54, 1.807) is 0 Å². The van der Waals surface area contributed by atoms with E-state index in [0.29, 0.717) is 18.9 Å². The summed E-state index contributed by atoms with van der Waals surface area (Å²) >= 11 is 0. The molecule has 72 valence electrons. The summed E-state index contributed by atoms with van der Waals surface area (Å²) in [5.74, 6) is 0.698. The van der Waals surface area contributed by atoms with E-state index in [4.69, 9.17) is 10.5 Å². The molecule has 1 aliphatic carbocycles. The number of ketones is 1. The van der Waals surface area contributed by atoms with Crippen LogP contribution in [0.15, 0.2) is 11.8 Å². The predicted octanol–water partition coefficient (Wildman–Crippen LogP) is 0.989. The second kappa shape index (κ2) is 3.14. The van der Waals surface area contributed by atoms with Gasteiger partial charge in [-0.1, -0.05) is 0 Å². The monoisotopic (exact) mass is 181 g/mol. The van der Waals surface area contributed by atoms with Gasteiger partial charge in [-0.25, -0.2) is 0 Å². The zero-order valence-electron chi connectivity index (χ0n) is 7.71. The van der Waals surface area contributed by atoms with Crippen LogP contribution in [0.3, 0.4) is 0 Å². The summed E-state index contributed by atoms with van der Waals surface area (Å²) in [6.45, 7) is 1.14. The maximum absolute atomic E-state index is 11.8. The van der Waals surface area contributed by atoms with Gasteiger partial charge in [0.1, 0.15) is 0 Å². The molecule has 1 fully saturated rings. The minimum atomic E-state index is -0.247. The van der Waals surface area contributed by atoms with E-state index in [1.807, 2.05) is 6.08 Å². The van der Waals surface area contributed by atoms with Gasteiger partial charge < -0.3 is 10.5 Å². The lowest BCUT2D eigenvalue weighted by molar-refractivity contribution is -0.123. The van der Waals surface area contributed by atoms with Crippen molar-refractivity contribution in [3.8, 4) is 0 Å². The first-order valence-corrected chi connectivity index (χ1v) is 4.86. The first-order valence-electron chi connectivity index (χ1n) is 4.86. The lowest BCUT2D eigenvalue weighted by Gasteiger charge is -2.17. The molecular formula is C10H15NO2. The normalized spacial score (nSPS) is 24.5. The van der Waals surface area contributed by atoms with Gasteiger partial charge in [0.25, 0.3) is 0 Å². The van der Waals surface area contributed by atoms with Crippen molar-refractivity contribution in [1.82, 2.24) is 0 Å². The Hall–Kier alpha value is -0.830. The van der Waals surface area contributed by atoms with Crippen LogP contribution in [0, 0.1) is 5.41 Å². The Balaban J connectivity index is 2.08. The molecule has 0 aromatic carbocycles. The Morgan fingerprint density at radius 1 is 1.62 bits per heavy atom. The quantitative estimate of drug-likeness (QED) is 0.706. The molecule has 1 heterocycles. The lowest BCUT2D eigenvalue weighted by atomic mass is 9.98. The highest BCUT2D eigenvalue weighted by molar-refractivity contribution is 6.00. The molecule has 1 aliphatic heterocycles. The molecule has 0 aromatic rings. The van der Waals surface area contributed by atoms with E-state index in [0.717, 1.165) is 25.7 Å². The van der Waals surface area contributed by atoms with Crippen LogP contribution in [-0.2, 0) is 9.53 Å². The van der Waals surface area contributed by atoms with Crippen LogP contribution in [-0.4, -0.2) is 18.9 Å². The zero-order valence-corrected chi connectivity index (χ0v) is 7.71. The molecule has 0 amide bonds. The van der Waals surface area contributed by atoms with Crippen molar-refractivity contribution in [2.45, 2.75) is 25.7 Å². The molecule has 2 rings (SSSR count). The molecule has 2 N–H and O–H groups in total. The average Bonchev–Trinajstić information content (AvgIpc) is 2.99. The van der Waals surface area contributed by atoms with Gasteiger partial charge in [-0.2, -0.15) is 0 Å². The topological polar surface area (TPSA) is 52.3 Å². The first-order chi connectivity index (χ1) is 6.28. The first kappa shape index (κ1) is 8.75. The van der Waals surface area contributed by atoms with Crippen LogP contribution in [0.4, 0.5) is 0 Å². The summed E-state index contributed by atoms with van der Waals surface area (Å²) in [5, 5.41) is 0. The third-order valence-electron chi connectivity index (χ3n) is 2.89. The summed E-state index contributed by atoms with van der Waals surface area (Å²) in [7, 11) is 0. The predicted molar refractivity (Wildman–Crippen MR) is 49.0 cm³/mol. The second-order valence-electron chi connectivity index (χ2n) is 3.87. The molecular weight excluding hydrogens is 166 g/mol. The number of nitrogens with two attached hydrogens (primary N) is 1. The van der Waals surface area contributed by atoms with Crippen molar-refractivity contribution in [3.63, 3.8) is 0 Å². The number of ether oxygens (including phenoxy) is 1. The van der Waals surface area contributed by atoms with Crippen molar-refractivity contribution >= 4 is 5.78 Å². The number of rotatable bonds is 3. The highest BCUT2D eigenvalue weighted by Gasteiger charge is 2.50. The Morgan fingerprint density at radius 3 is 2.85 bits per heavy atom. The summed E-state index contributed by atoms with van der Waals surface area (Å²) in [4.78, 5) is 11.8. The Kier molecular flexibility index (Phi) is 2.12. The van der Waals surface area contributed by atoms with E-state index >= 15 is 0 Å². The molecule has 0 bridgehead atoms. The minimum Gasteiger partial charge on any atom is -0.490 e. The number of hydrogen-bond acceptors (Lipinski definition) is 3. The third-order valence-corrected chi connectivity index (χ3v) is 2.89. The summed E-state index contributed by atoms with van der Waals surface area (Å²) in [6.07, 6.45) is 5.75. The fourth-order valence-corrected chi connectivity index (χ4v) is 1.65. The lowest BCUT2D eigenvalue weighted by Crippen LogP contribution is -2.28. The summed E-state index contributed by atoms with van der Waals surface area (Å²) in [5.41, 5.74) is 5.33. The molecule has 2 aliphatic rings. The van der Waals surface area contributed by atoms with E-state index < -0.39 is 0 Å². The molecule has 0 saturated heterocycles. The van der Waals surface area contributed by atoms with Gasteiger partial charge in [-0.15, -0.1) is 0 Å². The minimum absolute atomic E-state index is 0.134. The molecule has 13 heavy (non-hydrogen) atoms. The van der Waals surface area contributed by atoms with Crippen LogP contribution in [0.5, 0.6) is 0 Å². The van der Waals surface area contributed by atoms with Crippen molar-refractivity contribution < 1.29 is 9.53 Å². The van der Waals surface area contributed by atoms with Gasteiger partial charge in [0.05, 0.1) is 6.61 Å². The van der Waals surface area contributed by atoms with E-state index in [1.165, 1.54) is 0 Å². The van der Waals surface area contributed by atoms with Gasteiger partial charge in [-0.3, -0.25) is 4.79 Å². The number of hydrogen-bond donors (Lipinski definition) is 1. The number of allylic oxidation sites excluding steroid dienone is 2. The zero-order chi connectivity index (χ0) is 9.31. The van der Waals surface area contributed by atoms with E-state index in [2.05, 4.69) is 0 Å². The second-order valence-corrected chi connectivity index (χ2v) is 3.87. The maximum atomic E-state index is 11.8. The largest absolute Gasteiger partial charge is 0.490 e. The van der Waals surface area contributed by atoms with Crippen molar-refractivity contribution in [2.75, 3.05) is 13.2 Å². The van der Waals surface area contributed by atoms with Crippen LogP contribution in [0.1, 0.15) is 25.7 Å². The number of Topliss-reactive ketones (excluding diaryl/α,β-unsaturated/α-hetero) is 1. The molecule has 0 unspecified atom stereocenters. The standard InChI is InChI=1S/C10H15NO2/c11-7-10(4-5-10)9(12)8-3-1-2-6-13-8/h3H,1-2,4-7,11H2. The van der Waals surface area contributed by atoms with Gasteiger partial charge in [0, 0.05) is 12.0 Å².